The van der Waals surface area contributed by atoms with E-state index in [1.165, 1.54) is 23.3 Å². The molecule has 7 rings (SSSR count). The third kappa shape index (κ3) is 6.70. The van der Waals surface area contributed by atoms with Gasteiger partial charge >= 0.3 is 5.97 Å². The number of carbonyl (C=O) groups excluding carboxylic acids is 1. The standard InChI is InChI=1S/C38H42N4O4S2/c1-24-20-28(46-2)10-11-29(24)31-13-8-26-21-27(9-12-30(26)40-31)36-35(25-6-4-3-5-7-25)37-32(22-33(48-37)38(44)45)42(36)23-34(43)39-14-15-41-16-18-47-19-17-41/h8-13,20-22,25H,3-7,14-19,23H2,1-2H3,(H,39,43)(H,44,45). The Hall–Kier alpha value is -3.86. The number of amides is 1. The highest BCUT2D eigenvalue weighted by Crippen LogP contribution is 2.47. The van der Waals surface area contributed by atoms with Gasteiger partial charge in [-0.05, 0) is 84.8 Å². The van der Waals surface area contributed by atoms with E-state index < -0.39 is 5.97 Å². The van der Waals surface area contributed by atoms with Gasteiger partial charge in [0, 0.05) is 48.6 Å². The van der Waals surface area contributed by atoms with Crippen molar-refractivity contribution in [3.8, 4) is 28.3 Å². The highest BCUT2D eigenvalue weighted by atomic mass is 32.2. The second kappa shape index (κ2) is 14.3. The third-order valence-corrected chi connectivity index (χ3v) is 11.9. The van der Waals surface area contributed by atoms with Gasteiger partial charge in [0.2, 0.25) is 5.91 Å². The average Bonchev–Trinajstić information content (AvgIpc) is 3.67. The Balaban J connectivity index is 1.28. The van der Waals surface area contributed by atoms with E-state index in [9.17, 15) is 14.7 Å². The van der Waals surface area contributed by atoms with Gasteiger partial charge in [0.15, 0.2) is 0 Å². The number of carboxylic acids is 1. The van der Waals surface area contributed by atoms with Crippen molar-refractivity contribution >= 4 is 56.1 Å². The van der Waals surface area contributed by atoms with Crippen LogP contribution in [0.3, 0.4) is 0 Å². The molecule has 0 atom stereocenters. The fourth-order valence-electron chi connectivity index (χ4n) is 7.35. The van der Waals surface area contributed by atoms with Gasteiger partial charge in [0.25, 0.3) is 0 Å². The summed E-state index contributed by atoms with van der Waals surface area (Å²) in [7, 11) is 1.67. The predicted octanol–water partition coefficient (Wildman–Crippen LogP) is 7.81. The number of fused-ring (bicyclic) bond motifs is 2. The maximum Gasteiger partial charge on any atom is 0.345 e. The first-order valence-corrected chi connectivity index (χ1v) is 18.9. The number of thioether (sulfide) groups is 1. The zero-order chi connectivity index (χ0) is 33.2. The highest BCUT2D eigenvalue weighted by molar-refractivity contribution is 7.99. The number of thiophene rings is 1. The molecule has 0 radical (unpaired) electrons. The third-order valence-electron chi connectivity index (χ3n) is 9.82. The Labute approximate surface area is 289 Å². The number of methoxy groups -OCH3 is 1. The molecule has 1 aliphatic carbocycles. The molecule has 10 heteroatoms. The minimum atomic E-state index is -0.928. The van der Waals surface area contributed by atoms with Gasteiger partial charge < -0.3 is 19.7 Å². The molecule has 2 fully saturated rings. The maximum absolute atomic E-state index is 13.6. The molecule has 1 saturated heterocycles. The number of hydrogen-bond donors (Lipinski definition) is 2. The van der Waals surface area contributed by atoms with E-state index >= 15 is 0 Å². The van der Waals surface area contributed by atoms with Gasteiger partial charge in [0.05, 0.1) is 34.2 Å². The Morgan fingerprint density at radius 2 is 1.83 bits per heavy atom. The number of rotatable bonds is 10. The first-order chi connectivity index (χ1) is 23.4. The number of aryl methyl sites for hydroxylation is 1. The summed E-state index contributed by atoms with van der Waals surface area (Å²) in [5, 5.41) is 14.2. The molecule has 1 saturated carbocycles. The average molecular weight is 683 g/mol. The summed E-state index contributed by atoms with van der Waals surface area (Å²) in [5.74, 6) is 2.42. The summed E-state index contributed by atoms with van der Waals surface area (Å²) in [5.41, 5.74) is 8.04. The van der Waals surface area contributed by atoms with Gasteiger partial charge in [-0.1, -0.05) is 31.4 Å². The summed E-state index contributed by atoms with van der Waals surface area (Å²) in [4.78, 5) is 33.5. The van der Waals surface area contributed by atoms with E-state index in [4.69, 9.17) is 9.72 Å². The number of ether oxygens (including phenoxy) is 1. The molecule has 2 aromatic carbocycles. The highest BCUT2D eigenvalue weighted by Gasteiger charge is 2.30. The van der Waals surface area contributed by atoms with Crippen molar-refractivity contribution < 1.29 is 19.4 Å². The van der Waals surface area contributed by atoms with E-state index in [-0.39, 0.29) is 12.5 Å². The molecule has 2 N–H and O–H groups in total. The molecule has 8 nitrogen and oxygen atoms in total. The van der Waals surface area contributed by atoms with Crippen molar-refractivity contribution in [2.45, 2.75) is 51.5 Å². The molecule has 0 spiro atoms. The van der Waals surface area contributed by atoms with Crippen LogP contribution in [-0.4, -0.2) is 76.2 Å². The molecule has 0 bridgehead atoms. The quantitative estimate of drug-likeness (QED) is 0.155. The van der Waals surface area contributed by atoms with Gasteiger partial charge in [-0.15, -0.1) is 11.3 Å². The van der Waals surface area contributed by atoms with Crippen LogP contribution in [0.1, 0.15) is 58.8 Å². The molecule has 4 heterocycles. The number of benzene rings is 2. The molecule has 2 aliphatic rings. The fraction of sp³-hybridized carbons (Fsp3) is 0.395. The van der Waals surface area contributed by atoms with E-state index in [0.717, 1.165) is 112 Å². The smallest absolute Gasteiger partial charge is 0.345 e. The lowest BCUT2D eigenvalue weighted by atomic mass is 9.83. The van der Waals surface area contributed by atoms with Crippen molar-refractivity contribution in [2.24, 2.45) is 0 Å². The van der Waals surface area contributed by atoms with Crippen LogP contribution in [0.25, 0.3) is 43.6 Å². The van der Waals surface area contributed by atoms with Crippen LogP contribution < -0.4 is 10.1 Å². The lowest BCUT2D eigenvalue weighted by molar-refractivity contribution is -0.121. The fourth-order valence-corrected chi connectivity index (χ4v) is 9.45. The van der Waals surface area contributed by atoms with Gasteiger partial charge in [-0.3, -0.25) is 9.69 Å². The topological polar surface area (TPSA) is 96.7 Å². The summed E-state index contributed by atoms with van der Waals surface area (Å²) >= 11 is 3.32. The normalized spacial score (nSPS) is 16.0. The predicted molar refractivity (Wildman–Crippen MR) is 197 cm³/mol. The van der Waals surface area contributed by atoms with Crippen molar-refractivity contribution in [3.05, 3.63) is 70.6 Å². The molecule has 250 valence electrons. The van der Waals surface area contributed by atoms with Crippen LogP contribution in [-0.2, 0) is 11.3 Å². The molecule has 5 aromatic rings. The minimum Gasteiger partial charge on any atom is -0.497 e. The largest absolute Gasteiger partial charge is 0.497 e. The molecule has 0 unspecified atom stereocenters. The number of carboxylic acid groups (broad SMARTS) is 1. The zero-order valence-electron chi connectivity index (χ0n) is 27.6. The van der Waals surface area contributed by atoms with Gasteiger partial charge in [0.1, 0.15) is 17.2 Å². The van der Waals surface area contributed by atoms with Crippen molar-refractivity contribution in [1.82, 2.24) is 19.8 Å². The lowest BCUT2D eigenvalue weighted by Crippen LogP contribution is -2.40. The number of hydrogen-bond acceptors (Lipinski definition) is 7. The second-order valence-electron chi connectivity index (χ2n) is 12.9. The molecular weight excluding hydrogens is 641 g/mol. The first kappa shape index (κ1) is 32.7. The van der Waals surface area contributed by atoms with Crippen LogP contribution >= 0.6 is 23.1 Å². The first-order valence-electron chi connectivity index (χ1n) is 16.9. The maximum atomic E-state index is 13.6. The second-order valence-corrected chi connectivity index (χ2v) is 15.2. The Bertz CT molecular complexity index is 1970. The van der Waals surface area contributed by atoms with Crippen LogP contribution in [0.5, 0.6) is 5.75 Å². The van der Waals surface area contributed by atoms with Crippen molar-refractivity contribution in [3.63, 3.8) is 0 Å². The monoisotopic (exact) mass is 682 g/mol. The van der Waals surface area contributed by atoms with E-state index in [2.05, 4.69) is 58.1 Å². The van der Waals surface area contributed by atoms with E-state index in [1.807, 2.05) is 23.9 Å². The summed E-state index contributed by atoms with van der Waals surface area (Å²) < 4.78 is 8.48. The molecular formula is C38H42N4O4S2. The number of aromatic carboxylic acids is 1. The summed E-state index contributed by atoms with van der Waals surface area (Å²) in [6.07, 6.45) is 5.65. The Morgan fingerprint density at radius 3 is 2.58 bits per heavy atom. The van der Waals surface area contributed by atoms with Crippen LogP contribution in [0, 0.1) is 6.92 Å². The Kier molecular flexibility index (Phi) is 9.75. The lowest BCUT2D eigenvalue weighted by Gasteiger charge is -2.26. The van der Waals surface area contributed by atoms with Gasteiger partial charge in [-0.25, -0.2) is 9.78 Å². The molecule has 1 amide bonds. The van der Waals surface area contributed by atoms with Crippen molar-refractivity contribution in [1.29, 1.82) is 0 Å². The van der Waals surface area contributed by atoms with Crippen LogP contribution in [0.2, 0.25) is 0 Å². The van der Waals surface area contributed by atoms with Gasteiger partial charge in [-0.2, -0.15) is 11.8 Å². The number of carbonyl (C=O) groups is 2. The van der Waals surface area contributed by atoms with Crippen LogP contribution in [0.4, 0.5) is 0 Å². The molecule has 3 aromatic heterocycles. The minimum absolute atomic E-state index is 0.0558. The van der Waals surface area contributed by atoms with E-state index in [0.29, 0.717) is 17.3 Å². The number of pyridine rings is 1. The SMILES string of the molecule is COc1ccc(-c2ccc3cc(-c4c(C5CCCCC5)c5sc(C(=O)O)cc5n4CC(=O)NCCN4CCSCC4)ccc3n2)c(C)c1. The molecule has 48 heavy (non-hydrogen) atoms. The Morgan fingerprint density at radius 1 is 1.02 bits per heavy atom. The van der Waals surface area contributed by atoms with Crippen molar-refractivity contribution in [2.75, 3.05) is 44.8 Å². The number of nitrogens with zero attached hydrogens (tertiary/aromatic N) is 3. The zero-order valence-corrected chi connectivity index (χ0v) is 29.2. The summed E-state index contributed by atoms with van der Waals surface area (Å²) in [6.45, 7) is 5.75. The number of nitrogens with one attached hydrogen (secondary N) is 1. The van der Waals surface area contributed by atoms with Crippen LogP contribution in [0.15, 0.2) is 54.6 Å². The molecule has 1 aliphatic heterocycles. The van der Waals surface area contributed by atoms with E-state index in [1.54, 1.807) is 13.2 Å². The summed E-state index contributed by atoms with van der Waals surface area (Å²) in [6, 6.07) is 18.4. The number of aromatic nitrogens is 2.